The molecule has 2 aromatic rings. The molecular weight excluding hydrogens is 456 g/mol. The lowest BCUT2D eigenvalue weighted by Gasteiger charge is -2.22. The van der Waals surface area contributed by atoms with Crippen LogP contribution in [0.3, 0.4) is 0 Å². The van der Waals surface area contributed by atoms with E-state index in [0.717, 1.165) is 5.75 Å². The van der Waals surface area contributed by atoms with E-state index in [1.807, 2.05) is 37.3 Å². The molecule has 2 unspecified atom stereocenters. The molecule has 0 spiro atoms. The van der Waals surface area contributed by atoms with Crippen LogP contribution < -0.4 is 25.4 Å². The molecule has 2 rings (SSSR count). The highest BCUT2D eigenvalue weighted by Crippen LogP contribution is 2.27. The molecule has 0 aliphatic heterocycles. The maximum atomic E-state index is 11.6. The van der Waals surface area contributed by atoms with Gasteiger partial charge in [0.05, 0.1) is 5.69 Å². The van der Waals surface area contributed by atoms with Gasteiger partial charge >= 0.3 is 12.2 Å². The van der Waals surface area contributed by atoms with E-state index in [0.29, 0.717) is 29.0 Å². The number of nitrogens with zero attached hydrogens (tertiary/aromatic N) is 1. The smallest absolute Gasteiger partial charge is 0.407 e. The van der Waals surface area contributed by atoms with Gasteiger partial charge in [0.15, 0.2) is 0 Å². The van der Waals surface area contributed by atoms with E-state index in [1.54, 1.807) is 6.92 Å². The Kier molecular flexibility index (Phi) is 11.6. The number of rotatable bonds is 13. The van der Waals surface area contributed by atoms with Crippen LogP contribution in [0.2, 0.25) is 0 Å². The second-order valence-electron chi connectivity index (χ2n) is 7.53. The first kappa shape index (κ1) is 27.7. The molecule has 1 heterocycles. The van der Waals surface area contributed by atoms with Crippen LogP contribution in [0.1, 0.15) is 30.2 Å². The van der Waals surface area contributed by atoms with Crippen molar-refractivity contribution >= 4 is 12.2 Å². The highest BCUT2D eigenvalue weighted by atomic mass is 16.6. The Morgan fingerprint density at radius 2 is 1.71 bits per heavy atom. The van der Waals surface area contributed by atoms with Gasteiger partial charge in [-0.15, -0.1) is 0 Å². The lowest BCUT2D eigenvalue weighted by Crippen LogP contribution is -2.40. The van der Waals surface area contributed by atoms with Gasteiger partial charge in [-0.2, -0.15) is 0 Å². The molecule has 2 amide bonds. The molecule has 0 radical (unpaired) electrons. The van der Waals surface area contributed by atoms with Gasteiger partial charge in [0.2, 0.25) is 0 Å². The predicted molar refractivity (Wildman–Crippen MR) is 128 cm³/mol. The van der Waals surface area contributed by atoms with Crippen LogP contribution in [0.25, 0.3) is 0 Å². The topological polar surface area (TPSA) is 140 Å². The predicted octanol–water partition coefficient (Wildman–Crippen LogP) is 2.25. The average Bonchev–Trinajstić information content (AvgIpc) is 2.88. The molecule has 2 atom stereocenters. The molecule has 0 fully saturated rings. The van der Waals surface area contributed by atoms with E-state index in [2.05, 4.69) is 20.9 Å². The average molecular weight is 491 g/mol. The van der Waals surface area contributed by atoms with Crippen LogP contribution in [0, 0.1) is 6.92 Å². The summed E-state index contributed by atoms with van der Waals surface area (Å²) in [4.78, 5) is 27.4. The van der Waals surface area contributed by atoms with Crippen LogP contribution in [0.4, 0.5) is 9.59 Å². The van der Waals surface area contributed by atoms with Crippen molar-refractivity contribution in [3.05, 3.63) is 53.3 Å². The number of aromatic nitrogens is 1. The number of carbonyl (C=O) groups is 2. The SMILES string of the molecule is CCC(NCC(O)COc1c(C)ncc(COC(=O)NC)c1COC(=O)NC)Oc1ccccc1. The molecule has 11 heteroatoms. The first-order chi connectivity index (χ1) is 16.9. The molecule has 0 bridgehead atoms. The molecule has 35 heavy (non-hydrogen) atoms. The molecule has 11 nitrogen and oxygen atoms in total. The summed E-state index contributed by atoms with van der Waals surface area (Å²) in [5, 5.41) is 18.4. The number of hydrogen-bond acceptors (Lipinski definition) is 9. The van der Waals surface area contributed by atoms with Crippen LogP contribution in [0.15, 0.2) is 36.5 Å². The van der Waals surface area contributed by atoms with Gasteiger partial charge < -0.3 is 34.7 Å². The third kappa shape index (κ3) is 9.30. The molecule has 4 N–H and O–H groups in total. The lowest BCUT2D eigenvalue weighted by molar-refractivity contribution is 0.0794. The van der Waals surface area contributed by atoms with Crippen LogP contribution in [-0.4, -0.2) is 61.9 Å². The standard InChI is InChI=1S/C24H34N4O7/c1-5-21(35-19-9-7-6-8-10-19)28-12-18(29)14-32-22-16(2)27-11-17(13-33-23(30)25-3)20(22)15-34-24(31)26-4/h6-11,18,21,28-29H,5,12-15H2,1-4H3,(H,25,30)(H,26,31). The fraction of sp³-hybridized carbons (Fsp3) is 0.458. The van der Waals surface area contributed by atoms with E-state index in [4.69, 9.17) is 18.9 Å². The van der Waals surface area contributed by atoms with E-state index < -0.39 is 18.3 Å². The number of ether oxygens (including phenoxy) is 4. The molecule has 1 aromatic heterocycles. The fourth-order valence-corrected chi connectivity index (χ4v) is 3.01. The van der Waals surface area contributed by atoms with Crippen LogP contribution in [-0.2, 0) is 22.7 Å². The minimum absolute atomic E-state index is 0.0516. The van der Waals surface area contributed by atoms with Gasteiger partial charge in [-0.05, 0) is 25.5 Å². The zero-order valence-corrected chi connectivity index (χ0v) is 20.5. The van der Waals surface area contributed by atoms with Gasteiger partial charge in [0.25, 0.3) is 0 Å². The molecule has 0 saturated heterocycles. The monoisotopic (exact) mass is 490 g/mol. The fourth-order valence-electron chi connectivity index (χ4n) is 3.01. The highest BCUT2D eigenvalue weighted by Gasteiger charge is 2.19. The number of carbonyl (C=O) groups excluding carboxylic acids is 2. The van der Waals surface area contributed by atoms with Crippen molar-refractivity contribution in [1.29, 1.82) is 0 Å². The van der Waals surface area contributed by atoms with Crippen LogP contribution in [0.5, 0.6) is 11.5 Å². The maximum absolute atomic E-state index is 11.6. The molecular formula is C24H34N4O7. The number of aliphatic hydroxyl groups excluding tert-OH is 1. The zero-order valence-electron chi connectivity index (χ0n) is 20.5. The van der Waals surface area contributed by atoms with Gasteiger partial charge in [-0.1, -0.05) is 25.1 Å². The Morgan fingerprint density at radius 1 is 1.06 bits per heavy atom. The first-order valence-corrected chi connectivity index (χ1v) is 11.3. The van der Waals surface area contributed by atoms with Crippen molar-refractivity contribution in [2.45, 2.75) is 45.8 Å². The third-order valence-corrected chi connectivity index (χ3v) is 4.91. The van der Waals surface area contributed by atoms with Crippen molar-refractivity contribution < 1.29 is 33.6 Å². The molecule has 1 aromatic carbocycles. The van der Waals surface area contributed by atoms with Crippen molar-refractivity contribution in [3.8, 4) is 11.5 Å². The summed E-state index contributed by atoms with van der Waals surface area (Å²) in [7, 11) is 2.89. The quantitative estimate of drug-likeness (QED) is 0.311. The largest absolute Gasteiger partial charge is 0.488 e. The Bertz CT molecular complexity index is 943. The summed E-state index contributed by atoms with van der Waals surface area (Å²) in [5.74, 6) is 1.08. The summed E-state index contributed by atoms with van der Waals surface area (Å²) < 4.78 is 22.1. The number of alkyl carbamates (subject to hydrolysis) is 2. The molecule has 0 aliphatic carbocycles. The van der Waals surface area contributed by atoms with Gasteiger partial charge in [0.1, 0.15) is 43.7 Å². The number of aliphatic hydroxyl groups is 1. The summed E-state index contributed by atoms with van der Waals surface area (Å²) >= 11 is 0. The second-order valence-corrected chi connectivity index (χ2v) is 7.53. The van der Waals surface area contributed by atoms with E-state index in [-0.39, 0.29) is 32.6 Å². The highest BCUT2D eigenvalue weighted by molar-refractivity contribution is 5.67. The number of pyridine rings is 1. The Hall–Kier alpha value is -3.57. The van der Waals surface area contributed by atoms with Gasteiger partial charge in [-0.3, -0.25) is 10.3 Å². The lowest BCUT2D eigenvalue weighted by atomic mass is 10.1. The summed E-state index contributed by atoms with van der Waals surface area (Å²) in [6, 6.07) is 9.42. The minimum atomic E-state index is -0.860. The zero-order chi connectivity index (χ0) is 25.6. The van der Waals surface area contributed by atoms with Crippen LogP contribution >= 0.6 is 0 Å². The Morgan fingerprint density at radius 3 is 2.34 bits per heavy atom. The van der Waals surface area contributed by atoms with E-state index >= 15 is 0 Å². The second kappa shape index (κ2) is 14.6. The number of para-hydroxylation sites is 1. The molecule has 192 valence electrons. The summed E-state index contributed by atoms with van der Waals surface area (Å²) in [5.41, 5.74) is 1.53. The minimum Gasteiger partial charge on any atom is -0.488 e. The Balaban J connectivity index is 2.04. The third-order valence-electron chi connectivity index (χ3n) is 4.91. The van der Waals surface area contributed by atoms with E-state index in [9.17, 15) is 14.7 Å². The normalized spacial score (nSPS) is 12.3. The number of nitrogens with one attached hydrogen (secondary N) is 3. The van der Waals surface area contributed by atoms with Crippen molar-refractivity contribution in [1.82, 2.24) is 20.9 Å². The first-order valence-electron chi connectivity index (χ1n) is 11.3. The van der Waals surface area contributed by atoms with Gasteiger partial charge in [-0.25, -0.2) is 9.59 Å². The summed E-state index contributed by atoms with van der Waals surface area (Å²) in [6.07, 6.45) is -0.163. The van der Waals surface area contributed by atoms with Crippen molar-refractivity contribution in [2.75, 3.05) is 27.2 Å². The van der Waals surface area contributed by atoms with Gasteiger partial charge in [0, 0.05) is 38.0 Å². The molecule has 0 aliphatic rings. The number of benzene rings is 1. The molecule has 0 saturated carbocycles. The summed E-state index contributed by atoms with van der Waals surface area (Å²) in [6.45, 7) is 3.64. The Labute approximate surface area is 205 Å². The van der Waals surface area contributed by atoms with Crippen molar-refractivity contribution in [3.63, 3.8) is 0 Å². The van der Waals surface area contributed by atoms with Crippen molar-refractivity contribution in [2.24, 2.45) is 0 Å². The number of hydrogen-bond donors (Lipinski definition) is 4. The maximum Gasteiger partial charge on any atom is 0.407 e. The van der Waals surface area contributed by atoms with E-state index in [1.165, 1.54) is 20.3 Å². The number of aryl methyl sites for hydroxylation is 1. The number of amides is 2.